The number of carbonyl (C=O) groups is 3. The molecule has 0 radical (unpaired) electrons. The summed E-state index contributed by atoms with van der Waals surface area (Å²) in [5.74, 6) is -0.853. The van der Waals surface area contributed by atoms with Crippen molar-refractivity contribution in [3.05, 3.63) is 66.0 Å². The number of methoxy groups -OCH3 is 1. The molecule has 2 aromatic rings. The molecule has 1 aliphatic rings. The van der Waals surface area contributed by atoms with Gasteiger partial charge < -0.3 is 20.3 Å². The fraction of sp³-hybridized carbons (Fsp3) is 0.375. The predicted octanol–water partition coefficient (Wildman–Crippen LogP) is 2.26. The first-order chi connectivity index (χ1) is 15.9. The summed E-state index contributed by atoms with van der Waals surface area (Å²) in [7, 11) is 1.26. The molecule has 8 nitrogen and oxygen atoms in total. The highest BCUT2D eigenvalue weighted by Crippen LogP contribution is 2.14. The van der Waals surface area contributed by atoms with E-state index in [9.17, 15) is 18.8 Å². The van der Waals surface area contributed by atoms with E-state index in [4.69, 9.17) is 4.74 Å². The number of anilines is 1. The zero-order chi connectivity index (χ0) is 23.8. The average Bonchev–Trinajstić information content (AvgIpc) is 2.83. The van der Waals surface area contributed by atoms with Gasteiger partial charge in [0.25, 0.3) is 0 Å². The van der Waals surface area contributed by atoms with Crippen molar-refractivity contribution in [2.24, 2.45) is 0 Å². The molecule has 1 aliphatic heterocycles. The molecular weight excluding hydrogens is 427 g/mol. The minimum absolute atomic E-state index is 0.194. The number of piperazine rings is 1. The van der Waals surface area contributed by atoms with E-state index in [0.717, 1.165) is 5.56 Å². The summed E-state index contributed by atoms with van der Waals surface area (Å²) >= 11 is 0. The van der Waals surface area contributed by atoms with Crippen LogP contribution in [0.3, 0.4) is 0 Å². The summed E-state index contributed by atoms with van der Waals surface area (Å²) in [6.45, 7) is 3.62. The van der Waals surface area contributed by atoms with E-state index >= 15 is 0 Å². The van der Waals surface area contributed by atoms with Gasteiger partial charge in [0.15, 0.2) is 0 Å². The number of benzene rings is 2. The highest BCUT2D eigenvalue weighted by Gasteiger charge is 2.31. The van der Waals surface area contributed by atoms with Crippen molar-refractivity contribution in [3.63, 3.8) is 0 Å². The SMILES string of the molecule is COC(=O)NC(Cc1ccccc1)C(=O)N1CCN(C(C)C(=O)Nc2cccc(F)c2)CC1. The minimum Gasteiger partial charge on any atom is -0.453 e. The van der Waals surface area contributed by atoms with E-state index in [-0.39, 0.29) is 11.8 Å². The molecule has 0 bridgehead atoms. The highest BCUT2D eigenvalue weighted by atomic mass is 19.1. The monoisotopic (exact) mass is 456 g/mol. The molecule has 2 atom stereocenters. The Hall–Kier alpha value is -3.46. The molecule has 2 aromatic carbocycles. The van der Waals surface area contributed by atoms with Gasteiger partial charge in [0.05, 0.1) is 13.2 Å². The lowest BCUT2D eigenvalue weighted by atomic mass is 10.0. The first-order valence-electron chi connectivity index (χ1n) is 10.8. The lowest BCUT2D eigenvalue weighted by Gasteiger charge is -2.38. The van der Waals surface area contributed by atoms with Crippen molar-refractivity contribution >= 4 is 23.6 Å². The van der Waals surface area contributed by atoms with Crippen molar-refractivity contribution in [3.8, 4) is 0 Å². The van der Waals surface area contributed by atoms with E-state index in [2.05, 4.69) is 10.6 Å². The van der Waals surface area contributed by atoms with Gasteiger partial charge in [0.1, 0.15) is 11.9 Å². The minimum atomic E-state index is -0.750. The van der Waals surface area contributed by atoms with Crippen LogP contribution >= 0.6 is 0 Å². The van der Waals surface area contributed by atoms with E-state index < -0.39 is 24.0 Å². The zero-order valence-corrected chi connectivity index (χ0v) is 18.8. The molecule has 9 heteroatoms. The molecule has 0 saturated carbocycles. The Balaban J connectivity index is 1.57. The van der Waals surface area contributed by atoms with Gasteiger partial charge in [-0.2, -0.15) is 0 Å². The van der Waals surface area contributed by atoms with Crippen LogP contribution in [0.2, 0.25) is 0 Å². The van der Waals surface area contributed by atoms with E-state index in [1.54, 1.807) is 17.9 Å². The number of nitrogens with zero attached hydrogens (tertiary/aromatic N) is 2. The molecule has 3 rings (SSSR count). The van der Waals surface area contributed by atoms with E-state index in [0.29, 0.717) is 38.3 Å². The third-order valence-corrected chi connectivity index (χ3v) is 5.70. The first kappa shape index (κ1) is 24.2. The number of ether oxygens (including phenoxy) is 1. The van der Waals surface area contributed by atoms with Crippen LogP contribution in [0.1, 0.15) is 12.5 Å². The Bertz CT molecular complexity index is 964. The van der Waals surface area contributed by atoms with Gasteiger partial charge >= 0.3 is 6.09 Å². The Morgan fingerprint density at radius 1 is 1.03 bits per heavy atom. The number of amides is 3. The molecule has 2 unspecified atom stereocenters. The number of hydrogen-bond donors (Lipinski definition) is 2. The maximum Gasteiger partial charge on any atom is 0.407 e. The Morgan fingerprint density at radius 2 is 1.73 bits per heavy atom. The lowest BCUT2D eigenvalue weighted by Crippen LogP contribution is -2.58. The van der Waals surface area contributed by atoms with Crippen molar-refractivity contribution in [2.75, 3.05) is 38.6 Å². The third kappa shape index (κ3) is 6.76. The van der Waals surface area contributed by atoms with Crippen LogP contribution in [0.4, 0.5) is 14.9 Å². The van der Waals surface area contributed by atoms with Gasteiger partial charge in [0, 0.05) is 38.3 Å². The van der Waals surface area contributed by atoms with Gasteiger partial charge in [-0.05, 0) is 30.7 Å². The number of alkyl carbamates (subject to hydrolysis) is 1. The molecule has 176 valence electrons. The zero-order valence-electron chi connectivity index (χ0n) is 18.8. The molecule has 33 heavy (non-hydrogen) atoms. The predicted molar refractivity (Wildman–Crippen MR) is 122 cm³/mol. The summed E-state index contributed by atoms with van der Waals surface area (Å²) < 4.78 is 18.1. The van der Waals surface area contributed by atoms with Crippen LogP contribution in [-0.4, -0.2) is 73.1 Å². The van der Waals surface area contributed by atoms with Gasteiger partial charge in [-0.3, -0.25) is 14.5 Å². The largest absolute Gasteiger partial charge is 0.453 e. The molecule has 3 amide bonds. The van der Waals surface area contributed by atoms with Crippen molar-refractivity contribution in [1.82, 2.24) is 15.1 Å². The first-order valence-corrected chi connectivity index (χ1v) is 10.8. The average molecular weight is 457 g/mol. The number of carbonyl (C=O) groups excluding carboxylic acids is 3. The van der Waals surface area contributed by atoms with Crippen LogP contribution in [0.25, 0.3) is 0 Å². The fourth-order valence-electron chi connectivity index (χ4n) is 3.78. The molecule has 1 saturated heterocycles. The quantitative estimate of drug-likeness (QED) is 0.667. The molecule has 1 fully saturated rings. The molecule has 0 aromatic heterocycles. The van der Waals surface area contributed by atoms with Crippen molar-refractivity contribution in [2.45, 2.75) is 25.4 Å². The van der Waals surface area contributed by atoms with Crippen molar-refractivity contribution in [1.29, 1.82) is 0 Å². The Morgan fingerprint density at radius 3 is 2.36 bits per heavy atom. The van der Waals surface area contributed by atoms with Crippen LogP contribution < -0.4 is 10.6 Å². The Labute approximate surface area is 192 Å². The smallest absolute Gasteiger partial charge is 0.407 e. The standard InChI is InChI=1S/C24H29FN4O4/c1-17(22(30)26-20-10-6-9-19(25)16-20)28-11-13-29(14-12-28)23(31)21(27-24(32)33-2)15-18-7-4-3-5-8-18/h3-10,16-17,21H,11-15H2,1-2H3,(H,26,30)(H,27,32). The van der Waals surface area contributed by atoms with Crippen LogP contribution in [0, 0.1) is 5.82 Å². The van der Waals surface area contributed by atoms with Gasteiger partial charge in [-0.1, -0.05) is 36.4 Å². The fourth-order valence-corrected chi connectivity index (χ4v) is 3.78. The summed E-state index contributed by atoms with van der Waals surface area (Å²) in [6.07, 6.45) is -0.313. The summed E-state index contributed by atoms with van der Waals surface area (Å²) in [4.78, 5) is 41.2. The van der Waals surface area contributed by atoms with Gasteiger partial charge in [-0.15, -0.1) is 0 Å². The topological polar surface area (TPSA) is 91.0 Å². The summed E-state index contributed by atoms with van der Waals surface area (Å²) in [6, 6.07) is 14.0. The Kier molecular flexibility index (Phi) is 8.37. The number of nitrogens with one attached hydrogen (secondary N) is 2. The number of halogens is 1. The maximum absolute atomic E-state index is 13.4. The summed E-state index contributed by atoms with van der Waals surface area (Å²) in [5, 5.41) is 5.36. The third-order valence-electron chi connectivity index (χ3n) is 5.70. The van der Waals surface area contributed by atoms with E-state index in [1.165, 1.54) is 25.3 Å². The molecule has 2 N–H and O–H groups in total. The second-order valence-corrected chi connectivity index (χ2v) is 7.92. The second-order valence-electron chi connectivity index (χ2n) is 7.92. The van der Waals surface area contributed by atoms with Gasteiger partial charge in [-0.25, -0.2) is 9.18 Å². The highest BCUT2D eigenvalue weighted by molar-refractivity contribution is 5.94. The van der Waals surface area contributed by atoms with Gasteiger partial charge in [0.2, 0.25) is 11.8 Å². The lowest BCUT2D eigenvalue weighted by molar-refractivity contribution is -0.135. The molecule has 0 aliphatic carbocycles. The van der Waals surface area contributed by atoms with Crippen LogP contribution in [0.5, 0.6) is 0 Å². The van der Waals surface area contributed by atoms with Crippen molar-refractivity contribution < 1.29 is 23.5 Å². The van der Waals surface area contributed by atoms with E-state index in [1.807, 2.05) is 35.2 Å². The molecular formula is C24H29FN4O4. The molecule has 0 spiro atoms. The second kappa shape index (κ2) is 11.4. The van der Waals surface area contributed by atoms with Crippen LogP contribution in [0.15, 0.2) is 54.6 Å². The summed E-state index contributed by atoms with van der Waals surface area (Å²) in [5.41, 5.74) is 1.33. The van der Waals surface area contributed by atoms with Crippen LogP contribution in [-0.2, 0) is 20.7 Å². The molecule has 1 heterocycles. The maximum atomic E-state index is 13.4. The number of rotatable bonds is 7. The normalized spacial score (nSPS) is 15.9. The number of hydrogen-bond acceptors (Lipinski definition) is 5.